The normalized spacial score (nSPS) is 19.2. The lowest BCUT2D eigenvalue weighted by atomic mass is 9.84. The maximum atomic E-state index is 13.4. The van der Waals surface area contributed by atoms with Crippen LogP contribution in [-0.4, -0.2) is 19.2 Å². The topological polar surface area (TPSA) is 21.3 Å². The molecule has 0 radical (unpaired) electrons. The van der Waals surface area contributed by atoms with E-state index >= 15 is 0 Å². The number of ether oxygens (including phenoxy) is 1. The average Bonchev–Trinajstić information content (AvgIpc) is 3.05. The molecule has 0 saturated carbocycles. The van der Waals surface area contributed by atoms with Crippen molar-refractivity contribution in [1.29, 1.82) is 0 Å². The Labute approximate surface area is 148 Å². The van der Waals surface area contributed by atoms with E-state index < -0.39 is 5.60 Å². The molecule has 3 rings (SSSR count). The molecule has 1 atom stereocenters. The first-order valence-corrected chi connectivity index (χ1v) is 9.04. The summed E-state index contributed by atoms with van der Waals surface area (Å²) in [7, 11) is 0. The molecule has 4 heteroatoms. The van der Waals surface area contributed by atoms with Gasteiger partial charge in [0, 0.05) is 6.54 Å². The Kier molecular flexibility index (Phi) is 5.82. The highest BCUT2D eigenvalue weighted by Gasteiger charge is 2.43. The highest BCUT2D eigenvalue weighted by atomic mass is 19.1. The second-order valence-electron chi connectivity index (χ2n) is 6.68. The zero-order chi connectivity index (χ0) is 17.7. The van der Waals surface area contributed by atoms with Crippen LogP contribution in [0.3, 0.4) is 0 Å². The summed E-state index contributed by atoms with van der Waals surface area (Å²) >= 11 is 0. The first-order valence-electron chi connectivity index (χ1n) is 9.04. The van der Waals surface area contributed by atoms with Crippen molar-refractivity contribution < 1.29 is 13.5 Å². The number of halogens is 2. The van der Waals surface area contributed by atoms with Crippen LogP contribution in [0.1, 0.15) is 43.7 Å². The maximum absolute atomic E-state index is 13.4. The van der Waals surface area contributed by atoms with Gasteiger partial charge in [0.25, 0.3) is 0 Å². The largest absolute Gasteiger partial charge is 0.361 e. The van der Waals surface area contributed by atoms with Gasteiger partial charge in [0.15, 0.2) is 0 Å². The second-order valence-corrected chi connectivity index (χ2v) is 6.68. The quantitative estimate of drug-likeness (QED) is 0.730. The summed E-state index contributed by atoms with van der Waals surface area (Å²) < 4.78 is 33.2. The SMILES string of the molecule is CCCCNCC1CCC(c2ccc(F)cc2)(c2ccc(F)cc2)O1. The van der Waals surface area contributed by atoms with Gasteiger partial charge < -0.3 is 10.1 Å². The molecule has 1 aliphatic heterocycles. The Morgan fingerprint density at radius 2 is 1.56 bits per heavy atom. The van der Waals surface area contributed by atoms with Crippen molar-refractivity contribution in [3.8, 4) is 0 Å². The first-order chi connectivity index (χ1) is 12.1. The number of hydrogen-bond donors (Lipinski definition) is 1. The van der Waals surface area contributed by atoms with E-state index in [9.17, 15) is 8.78 Å². The molecule has 1 heterocycles. The Balaban J connectivity index is 1.84. The van der Waals surface area contributed by atoms with Crippen LogP contribution in [0, 0.1) is 11.6 Å². The van der Waals surface area contributed by atoms with E-state index in [0.717, 1.165) is 49.9 Å². The molecular weight excluding hydrogens is 320 g/mol. The van der Waals surface area contributed by atoms with E-state index in [1.165, 1.54) is 24.3 Å². The Hall–Kier alpha value is -1.78. The Bertz CT molecular complexity index is 624. The third kappa shape index (κ3) is 4.07. The molecule has 1 aliphatic rings. The van der Waals surface area contributed by atoms with E-state index in [1.54, 1.807) is 24.3 Å². The van der Waals surface area contributed by atoms with Gasteiger partial charge in [-0.1, -0.05) is 37.6 Å². The van der Waals surface area contributed by atoms with Crippen LogP contribution < -0.4 is 5.32 Å². The van der Waals surface area contributed by atoms with Crippen LogP contribution in [0.5, 0.6) is 0 Å². The van der Waals surface area contributed by atoms with E-state index in [0.29, 0.717) is 0 Å². The van der Waals surface area contributed by atoms with E-state index in [-0.39, 0.29) is 17.7 Å². The number of hydrogen-bond acceptors (Lipinski definition) is 2. The van der Waals surface area contributed by atoms with Crippen molar-refractivity contribution in [2.45, 2.75) is 44.3 Å². The lowest BCUT2D eigenvalue weighted by Crippen LogP contribution is -2.32. The molecule has 1 N–H and O–H groups in total. The monoisotopic (exact) mass is 345 g/mol. The molecule has 0 spiro atoms. The summed E-state index contributed by atoms with van der Waals surface area (Å²) in [6.45, 7) is 3.95. The fourth-order valence-corrected chi connectivity index (χ4v) is 3.50. The minimum atomic E-state index is -0.640. The fraction of sp³-hybridized carbons (Fsp3) is 0.429. The summed E-state index contributed by atoms with van der Waals surface area (Å²) in [6.07, 6.45) is 4.10. The maximum Gasteiger partial charge on any atom is 0.123 e. The molecule has 134 valence electrons. The predicted octanol–water partition coefficient (Wildman–Crippen LogP) is 4.78. The van der Waals surface area contributed by atoms with Gasteiger partial charge in [-0.2, -0.15) is 0 Å². The fourth-order valence-electron chi connectivity index (χ4n) is 3.50. The standard InChI is InChI=1S/C21H25F2NO/c1-2-3-14-24-15-20-12-13-21(25-20,16-4-8-18(22)9-5-16)17-6-10-19(23)11-7-17/h4-11,20,24H,2-3,12-15H2,1H3. The molecule has 1 unspecified atom stereocenters. The molecule has 0 bridgehead atoms. The molecule has 1 fully saturated rings. The van der Waals surface area contributed by atoms with Crippen molar-refractivity contribution in [1.82, 2.24) is 5.32 Å². The molecule has 0 amide bonds. The highest BCUT2D eigenvalue weighted by molar-refractivity contribution is 5.38. The Morgan fingerprint density at radius 1 is 1.00 bits per heavy atom. The molecule has 1 saturated heterocycles. The summed E-state index contributed by atoms with van der Waals surface area (Å²) in [5.41, 5.74) is 1.19. The average molecular weight is 345 g/mol. The van der Waals surface area contributed by atoms with Crippen LogP contribution in [0.2, 0.25) is 0 Å². The second kappa shape index (κ2) is 8.07. The molecule has 0 aromatic heterocycles. The van der Waals surface area contributed by atoms with Crippen molar-refractivity contribution in [2.75, 3.05) is 13.1 Å². The van der Waals surface area contributed by atoms with Crippen LogP contribution in [0.4, 0.5) is 8.78 Å². The number of benzene rings is 2. The van der Waals surface area contributed by atoms with Crippen LogP contribution in [0.25, 0.3) is 0 Å². The van der Waals surface area contributed by atoms with Crippen LogP contribution in [-0.2, 0) is 10.3 Å². The molecule has 25 heavy (non-hydrogen) atoms. The number of rotatable bonds is 7. The summed E-state index contributed by atoms with van der Waals surface area (Å²) in [5.74, 6) is -0.539. The van der Waals surface area contributed by atoms with Crippen LogP contribution in [0.15, 0.2) is 48.5 Å². The lowest BCUT2D eigenvalue weighted by Gasteiger charge is -2.31. The molecule has 0 aliphatic carbocycles. The lowest BCUT2D eigenvalue weighted by molar-refractivity contribution is -0.0156. The summed E-state index contributed by atoms with van der Waals surface area (Å²) in [6, 6.07) is 12.9. The van der Waals surface area contributed by atoms with Gasteiger partial charge in [-0.25, -0.2) is 8.78 Å². The van der Waals surface area contributed by atoms with E-state index in [2.05, 4.69) is 12.2 Å². The minimum Gasteiger partial charge on any atom is -0.361 e. The zero-order valence-corrected chi connectivity index (χ0v) is 14.6. The number of unbranched alkanes of at least 4 members (excludes halogenated alkanes) is 1. The third-order valence-electron chi connectivity index (χ3n) is 4.89. The van der Waals surface area contributed by atoms with Gasteiger partial charge in [-0.15, -0.1) is 0 Å². The van der Waals surface area contributed by atoms with Crippen molar-refractivity contribution >= 4 is 0 Å². The van der Waals surface area contributed by atoms with E-state index in [4.69, 9.17) is 4.74 Å². The van der Waals surface area contributed by atoms with Gasteiger partial charge in [-0.05, 0) is 61.2 Å². The van der Waals surface area contributed by atoms with Gasteiger partial charge in [0.1, 0.15) is 17.2 Å². The number of nitrogens with one attached hydrogen (secondary N) is 1. The molecular formula is C21H25F2NO. The van der Waals surface area contributed by atoms with Gasteiger partial charge in [-0.3, -0.25) is 0 Å². The minimum absolute atomic E-state index is 0.0898. The van der Waals surface area contributed by atoms with E-state index in [1.807, 2.05) is 0 Å². The summed E-state index contributed by atoms with van der Waals surface area (Å²) in [5, 5.41) is 3.44. The smallest absolute Gasteiger partial charge is 0.123 e. The van der Waals surface area contributed by atoms with Crippen molar-refractivity contribution in [3.05, 3.63) is 71.3 Å². The van der Waals surface area contributed by atoms with Crippen molar-refractivity contribution in [2.24, 2.45) is 0 Å². The predicted molar refractivity (Wildman–Crippen MR) is 95.5 cm³/mol. The highest BCUT2D eigenvalue weighted by Crippen LogP contribution is 2.44. The van der Waals surface area contributed by atoms with Crippen molar-refractivity contribution in [3.63, 3.8) is 0 Å². The molecule has 2 aromatic rings. The van der Waals surface area contributed by atoms with Crippen LogP contribution >= 0.6 is 0 Å². The van der Waals surface area contributed by atoms with Gasteiger partial charge in [0.05, 0.1) is 6.10 Å². The molecule has 2 nitrogen and oxygen atoms in total. The Morgan fingerprint density at radius 3 is 2.08 bits per heavy atom. The third-order valence-corrected chi connectivity index (χ3v) is 4.89. The zero-order valence-electron chi connectivity index (χ0n) is 14.6. The first kappa shape index (κ1) is 18.0. The van der Waals surface area contributed by atoms with Gasteiger partial charge in [0.2, 0.25) is 0 Å². The molecule has 2 aromatic carbocycles. The summed E-state index contributed by atoms with van der Waals surface area (Å²) in [4.78, 5) is 0. The van der Waals surface area contributed by atoms with Gasteiger partial charge >= 0.3 is 0 Å².